The van der Waals surface area contributed by atoms with Gasteiger partial charge in [-0.15, -0.1) is 0 Å². The average molecular weight is 600 g/mol. The van der Waals surface area contributed by atoms with Crippen LogP contribution in [-0.4, -0.2) is 4.57 Å². The van der Waals surface area contributed by atoms with Crippen LogP contribution in [-0.2, 0) is 4.57 Å². The predicted molar refractivity (Wildman–Crippen MR) is 187 cm³/mol. The molecule has 0 unspecified atom stereocenters. The summed E-state index contributed by atoms with van der Waals surface area (Å²) in [4.78, 5) is 2.51. The highest BCUT2D eigenvalue weighted by atomic mass is 32.2. The second kappa shape index (κ2) is 9.86. The highest BCUT2D eigenvalue weighted by Crippen LogP contribution is 2.49. The summed E-state index contributed by atoms with van der Waals surface area (Å²) in [7, 11) is -3.14. The van der Waals surface area contributed by atoms with Crippen molar-refractivity contribution in [2.24, 2.45) is 0 Å². The topological polar surface area (TPSA) is 22.0 Å². The van der Waals surface area contributed by atoms with E-state index in [9.17, 15) is 0 Å². The largest absolute Gasteiger partial charge is 0.309 e. The quantitative estimate of drug-likeness (QED) is 0.188. The molecule has 0 fully saturated rings. The molecule has 0 amide bonds. The highest BCUT2D eigenvalue weighted by Gasteiger charge is 2.31. The molecule has 1 aliphatic heterocycles. The first-order chi connectivity index (χ1) is 21.7. The molecule has 1 aromatic heterocycles. The van der Waals surface area contributed by atoms with Crippen LogP contribution in [0.2, 0.25) is 0 Å². The Morgan fingerprint density at radius 3 is 1.93 bits per heavy atom. The Balaban J connectivity index is 1.25. The predicted octanol–water partition coefficient (Wildman–Crippen LogP) is 9.71. The monoisotopic (exact) mass is 599 g/mol. The molecule has 0 N–H and O–H groups in total. The van der Waals surface area contributed by atoms with Crippen LogP contribution in [0.1, 0.15) is 0 Å². The van der Waals surface area contributed by atoms with Gasteiger partial charge in [-0.05, 0) is 46.2 Å². The number of para-hydroxylation sites is 2. The Hall–Kier alpha value is -4.82. The van der Waals surface area contributed by atoms with Gasteiger partial charge in [0.05, 0.1) is 16.7 Å². The first-order valence-corrected chi connectivity index (χ1v) is 17.3. The molecular weight excluding hydrogens is 573 g/mol. The first-order valence-electron chi connectivity index (χ1n) is 14.8. The van der Waals surface area contributed by atoms with Crippen molar-refractivity contribution in [3.8, 4) is 16.8 Å². The van der Waals surface area contributed by atoms with Crippen molar-refractivity contribution in [2.75, 3.05) is 0 Å². The van der Waals surface area contributed by atoms with E-state index in [1.54, 1.807) is 0 Å². The number of fused-ring (bicyclic) bond motifs is 6. The lowest BCUT2D eigenvalue weighted by atomic mass is 9.98. The van der Waals surface area contributed by atoms with E-state index in [1.807, 2.05) is 72.4 Å². The Kier molecular flexibility index (Phi) is 5.75. The van der Waals surface area contributed by atoms with Crippen LogP contribution < -0.4 is 15.9 Å². The number of aromatic nitrogens is 1. The fraction of sp³-hybridized carbons (Fsp3) is 0. The molecule has 4 heteroatoms. The van der Waals surface area contributed by atoms with Crippen LogP contribution in [0.3, 0.4) is 0 Å². The molecule has 2 heterocycles. The number of rotatable bonds is 4. The summed E-state index contributed by atoms with van der Waals surface area (Å²) < 4.78 is 17.8. The molecule has 0 saturated heterocycles. The minimum absolute atomic E-state index is 0.846. The summed E-state index contributed by atoms with van der Waals surface area (Å²) in [6.45, 7) is 0. The molecule has 8 aromatic rings. The third-order valence-corrected chi connectivity index (χ3v) is 13.1. The normalized spacial score (nSPS) is 12.5. The van der Waals surface area contributed by atoms with Crippen molar-refractivity contribution in [3.63, 3.8) is 0 Å². The van der Waals surface area contributed by atoms with Crippen molar-refractivity contribution >= 4 is 67.4 Å². The van der Waals surface area contributed by atoms with E-state index in [1.165, 1.54) is 37.3 Å². The maximum absolute atomic E-state index is 15.4. The number of nitrogens with zero attached hydrogens (tertiary/aromatic N) is 1. The lowest BCUT2D eigenvalue weighted by molar-refractivity contribution is 0.592. The zero-order valence-electron chi connectivity index (χ0n) is 23.7. The molecule has 208 valence electrons. The van der Waals surface area contributed by atoms with E-state index in [-0.39, 0.29) is 0 Å². The lowest BCUT2D eigenvalue weighted by Gasteiger charge is -2.23. The van der Waals surface area contributed by atoms with Crippen molar-refractivity contribution in [3.05, 3.63) is 158 Å². The molecule has 0 aliphatic carbocycles. The van der Waals surface area contributed by atoms with Gasteiger partial charge < -0.3 is 9.13 Å². The fourth-order valence-electron chi connectivity index (χ4n) is 6.91. The maximum atomic E-state index is 15.4. The summed E-state index contributed by atoms with van der Waals surface area (Å²) in [5.41, 5.74) is 6.02. The Morgan fingerprint density at radius 2 is 1.14 bits per heavy atom. The highest BCUT2D eigenvalue weighted by molar-refractivity contribution is 7.99. The Labute approximate surface area is 260 Å². The van der Waals surface area contributed by atoms with E-state index in [0.717, 1.165) is 37.8 Å². The van der Waals surface area contributed by atoms with Crippen LogP contribution in [0.5, 0.6) is 0 Å². The smallest absolute Gasteiger partial charge is 0.171 e. The molecule has 0 spiro atoms. The number of hydrogen-bond acceptors (Lipinski definition) is 2. The van der Waals surface area contributed by atoms with E-state index in [4.69, 9.17) is 0 Å². The van der Waals surface area contributed by atoms with Crippen molar-refractivity contribution < 1.29 is 4.57 Å². The number of benzene rings is 7. The van der Waals surface area contributed by atoms with E-state index in [0.29, 0.717) is 0 Å². The van der Waals surface area contributed by atoms with Gasteiger partial charge >= 0.3 is 0 Å². The molecule has 2 nitrogen and oxygen atoms in total. The van der Waals surface area contributed by atoms with Gasteiger partial charge in [-0.3, -0.25) is 0 Å². The standard InChI is InChI=1S/C40H26NOPS/c42-43(28-12-3-1-4-13-28,29-14-5-2-6-15-29)37-22-10-18-31-30(17-9-19-33(31)37)27-24-25-36-39(26-27)44-38-23-11-20-34-32-16-7-8-21-35(32)41(36)40(34)38/h1-26H. The number of hydrogen-bond donors (Lipinski definition) is 0. The SMILES string of the molecule is O=P(c1ccccc1)(c1ccccc1)c1cccc2c(-c3ccc4c(c3)Sc3cccc5c6ccccc6n-4c35)cccc12. The van der Waals surface area contributed by atoms with E-state index in [2.05, 4.69) is 102 Å². The van der Waals surface area contributed by atoms with Crippen molar-refractivity contribution in [1.29, 1.82) is 0 Å². The molecule has 0 radical (unpaired) electrons. The van der Waals surface area contributed by atoms with Gasteiger partial charge in [-0.1, -0.05) is 145 Å². The Bertz CT molecular complexity index is 2400. The fourth-order valence-corrected chi connectivity index (χ4v) is 10.9. The van der Waals surface area contributed by atoms with Gasteiger partial charge in [-0.2, -0.15) is 0 Å². The molecule has 0 atom stereocenters. The average Bonchev–Trinajstić information content (AvgIpc) is 3.44. The lowest BCUT2D eigenvalue weighted by Crippen LogP contribution is -2.25. The zero-order chi connectivity index (χ0) is 29.3. The van der Waals surface area contributed by atoms with Crippen LogP contribution in [0.25, 0.3) is 49.4 Å². The summed E-state index contributed by atoms with van der Waals surface area (Å²) in [5.74, 6) is 0. The van der Waals surface area contributed by atoms with Crippen LogP contribution in [0, 0.1) is 0 Å². The van der Waals surface area contributed by atoms with E-state index >= 15 is 4.57 Å². The van der Waals surface area contributed by atoms with Gasteiger partial charge in [0, 0.05) is 36.5 Å². The molecular formula is C40H26NOPS. The summed E-state index contributed by atoms with van der Waals surface area (Å²) >= 11 is 1.84. The molecule has 9 rings (SSSR count). The summed E-state index contributed by atoms with van der Waals surface area (Å²) in [6.07, 6.45) is 0. The first kappa shape index (κ1) is 25.7. The summed E-state index contributed by atoms with van der Waals surface area (Å²) in [6, 6.07) is 54.7. The molecule has 44 heavy (non-hydrogen) atoms. The van der Waals surface area contributed by atoms with Crippen molar-refractivity contribution in [2.45, 2.75) is 9.79 Å². The minimum atomic E-state index is -3.14. The maximum Gasteiger partial charge on any atom is 0.171 e. The second-order valence-corrected chi connectivity index (χ2v) is 15.1. The van der Waals surface area contributed by atoms with Gasteiger partial charge in [0.2, 0.25) is 0 Å². The van der Waals surface area contributed by atoms with Crippen LogP contribution in [0.4, 0.5) is 0 Å². The van der Waals surface area contributed by atoms with Crippen LogP contribution in [0.15, 0.2) is 168 Å². The van der Waals surface area contributed by atoms with Gasteiger partial charge in [0.1, 0.15) is 0 Å². The second-order valence-electron chi connectivity index (χ2n) is 11.2. The van der Waals surface area contributed by atoms with Crippen LogP contribution >= 0.6 is 18.9 Å². The minimum Gasteiger partial charge on any atom is -0.309 e. The zero-order valence-corrected chi connectivity index (χ0v) is 25.4. The molecule has 7 aromatic carbocycles. The third kappa shape index (κ3) is 3.67. The van der Waals surface area contributed by atoms with Gasteiger partial charge in [0.15, 0.2) is 7.14 Å². The van der Waals surface area contributed by atoms with Crippen molar-refractivity contribution in [1.82, 2.24) is 4.57 Å². The summed E-state index contributed by atoms with van der Waals surface area (Å²) in [5, 5.41) is 7.27. The Morgan fingerprint density at radius 1 is 0.500 bits per heavy atom. The molecule has 0 saturated carbocycles. The molecule has 1 aliphatic rings. The molecule has 0 bridgehead atoms. The van der Waals surface area contributed by atoms with Gasteiger partial charge in [-0.25, -0.2) is 0 Å². The third-order valence-electron chi connectivity index (χ3n) is 8.87. The van der Waals surface area contributed by atoms with Gasteiger partial charge in [0.25, 0.3) is 0 Å². The van der Waals surface area contributed by atoms with E-state index < -0.39 is 7.14 Å².